The van der Waals surface area contributed by atoms with E-state index in [1.165, 1.54) is 0 Å². The summed E-state index contributed by atoms with van der Waals surface area (Å²) in [7, 11) is 0. The first kappa shape index (κ1) is 11.9. The van der Waals surface area contributed by atoms with Crippen molar-refractivity contribution in [3.63, 3.8) is 0 Å². The van der Waals surface area contributed by atoms with Gasteiger partial charge in [-0.15, -0.1) is 0 Å². The van der Waals surface area contributed by atoms with Crippen LogP contribution in [0.1, 0.15) is 24.8 Å². The third-order valence-electron chi connectivity index (χ3n) is 2.07. The molecule has 0 atom stereocenters. The van der Waals surface area contributed by atoms with Crippen molar-refractivity contribution in [2.24, 2.45) is 0 Å². The molecule has 0 aliphatic heterocycles. The molecule has 1 rings (SSSR count). The first-order valence-corrected chi connectivity index (χ1v) is 5.74. The Hall–Kier alpha value is -1.14. The molecular weight excluding hydrogens is 206 g/mol. The summed E-state index contributed by atoms with van der Waals surface area (Å²) < 4.78 is 5.53. The average molecular weight is 221 g/mol. The van der Waals surface area contributed by atoms with E-state index >= 15 is 0 Å². The lowest BCUT2D eigenvalue weighted by molar-refractivity contribution is 0.305. The number of hydrogen-bond acceptors (Lipinski definition) is 3. The summed E-state index contributed by atoms with van der Waals surface area (Å²) in [6.07, 6.45) is 3.25. The Morgan fingerprint density at radius 3 is 2.73 bits per heavy atom. The van der Waals surface area contributed by atoms with Gasteiger partial charge < -0.3 is 4.74 Å². The van der Waals surface area contributed by atoms with Crippen molar-refractivity contribution >= 4 is 12.6 Å². The van der Waals surface area contributed by atoms with Gasteiger partial charge in [-0.3, -0.25) is 0 Å². The number of thiol groups is 1. The first-order valence-electron chi connectivity index (χ1n) is 5.11. The molecule has 0 amide bonds. The van der Waals surface area contributed by atoms with Crippen LogP contribution in [-0.4, -0.2) is 12.4 Å². The zero-order valence-corrected chi connectivity index (χ0v) is 9.54. The molecule has 1 aromatic carbocycles. The molecule has 0 heterocycles. The highest BCUT2D eigenvalue weighted by molar-refractivity contribution is 7.80. The van der Waals surface area contributed by atoms with E-state index in [1.54, 1.807) is 6.07 Å². The summed E-state index contributed by atoms with van der Waals surface area (Å²) in [4.78, 5) is 0. The largest absolute Gasteiger partial charge is 0.492 e. The van der Waals surface area contributed by atoms with Gasteiger partial charge in [0.1, 0.15) is 11.8 Å². The van der Waals surface area contributed by atoms with Gasteiger partial charge in [0.25, 0.3) is 0 Å². The zero-order chi connectivity index (χ0) is 10.9. The molecule has 0 fully saturated rings. The maximum Gasteiger partial charge on any atom is 0.137 e. The van der Waals surface area contributed by atoms with E-state index in [-0.39, 0.29) is 0 Å². The number of ether oxygens (including phenoxy) is 1. The lowest BCUT2D eigenvalue weighted by Gasteiger charge is -2.06. The fourth-order valence-electron chi connectivity index (χ4n) is 1.26. The first-order chi connectivity index (χ1) is 7.38. The second-order valence-corrected chi connectivity index (χ2v) is 3.69. The van der Waals surface area contributed by atoms with E-state index in [9.17, 15) is 0 Å². The Bertz CT molecular complexity index is 333. The summed E-state index contributed by atoms with van der Waals surface area (Å²) in [6, 6.07) is 9.43. The van der Waals surface area contributed by atoms with Crippen LogP contribution in [0.5, 0.6) is 5.75 Å². The Kier molecular flexibility index (Phi) is 5.72. The monoisotopic (exact) mass is 221 g/mol. The highest BCUT2D eigenvalue weighted by atomic mass is 32.1. The van der Waals surface area contributed by atoms with Crippen LogP contribution in [0.3, 0.4) is 0 Å². The summed E-state index contributed by atoms with van der Waals surface area (Å²) in [5.74, 6) is 1.61. The van der Waals surface area contributed by atoms with Crippen molar-refractivity contribution in [3.05, 3.63) is 29.8 Å². The summed E-state index contributed by atoms with van der Waals surface area (Å²) in [6.45, 7) is 0.673. The number of benzene rings is 1. The molecule has 2 nitrogen and oxygen atoms in total. The number of nitrogens with zero attached hydrogens (tertiary/aromatic N) is 1. The van der Waals surface area contributed by atoms with Gasteiger partial charge in [0, 0.05) is 0 Å². The van der Waals surface area contributed by atoms with Crippen molar-refractivity contribution in [3.8, 4) is 11.8 Å². The van der Waals surface area contributed by atoms with Crippen LogP contribution in [0.2, 0.25) is 0 Å². The molecule has 0 saturated heterocycles. The van der Waals surface area contributed by atoms with E-state index in [0.717, 1.165) is 25.0 Å². The van der Waals surface area contributed by atoms with Crippen molar-refractivity contribution in [1.82, 2.24) is 0 Å². The molecule has 1 aromatic rings. The average Bonchev–Trinajstić information content (AvgIpc) is 2.29. The molecule has 3 heteroatoms. The lowest BCUT2D eigenvalue weighted by atomic mass is 10.2. The summed E-state index contributed by atoms with van der Waals surface area (Å²) >= 11 is 4.14. The predicted molar refractivity (Wildman–Crippen MR) is 64.4 cm³/mol. The van der Waals surface area contributed by atoms with Gasteiger partial charge in [0.15, 0.2) is 0 Å². The van der Waals surface area contributed by atoms with Crippen LogP contribution < -0.4 is 4.74 Å². The van der Waals surface area contributed by atoms with Gasteiger partial charge in [-0.25, -0.2) is 0 Å². The molecule has 0 aliphatic carbocycles. The highest BCUT2D eigenvalue weighted by Gasteiger charge is 2.00. The Morgan fingerprint density at radius 2 is 2.00 bits per heavy atom. The molecule has 0 unspecified atom stereocenters. The van der Waals surface area contributed by atoms with Gasteiger partial charge >= 0.3 is 0 Å². The van der Waals surface area contributed by atoms with E-state index in [1.807, 2.05) is 18.2 Å². The SMILES string of the molecule is N#Cc1ccccc1OCCCCCS. The number of hydrogen-bond donors (Lipinski definition) is 1. The van der Waals surface area contributed by atoms with Crippen LogP contribution in [-0.2, 0) is 0 Å². The number of para-hydroxylation sites is 1. The smallest absolute Gasteiger partial charge is 0.137 e. The predicted octanol–water partition coefficient (Wildman–Crippen LogP) is 3.04. The Labute approximate surface area is 96.3 Å². The fraction of sp³-hybridized carbons (Fsp3) is 0.417. The molecule has 0 N–H and O–H groups in total. The van der Waals surface area contributed by atoms with Crippen molar-refractivity contribution in [2.45, 2.75) is 19.3 Å². The third-order valence-corrected chi connectivity index (χ3v) is 2.38. The third kappa shape index (κ3) is 4.26. The molecule has 0 radical (unpaired) electrons. The maximum absolute atomic E-state index is 8.82. The second-order valence-electron chi connectivity index (χ2n) is 3.24. The van der Waals surface area contributed by atoms with E-state index in [0.29, 0.717) is 17.9 Å². The number of unbranched alkanes of at least 4 members (excludes halogenated alkanes) is 2. The van der Waals surface area contributed by atoms with Crippen LogP contribution in [0.4, 0.5) is 0 Å². The molecule has 0 aliphatic rings. The Morgan fingerprint density at radius 1 is 1.20 bits per heavy atom. The molecule has 80 valence electrons. The number of nitriles is 1. The van der Waals surface area contributed by atoms with Crippen LogP contribution in [0.15, 0.2) is 24.3 Å². The van der Waals surface area contributed by atoms with E-state index < -0.39 is 0 Å². The Balaban J connectivity index is 2.34. The van der Waals surface area contributed by atoms with Crippen LogP contribution in [0, 0.1) is 11.3 Å². The number of rotatable bonds is 6. The van der Waals surface area contributed by atoms with E-state index in [4.69, 9.17) is 10.00 Å². The quantitative estimate of drug-likeness (QED) is 0.591. The zero-order valence-electron chi connectivity index (χ0n) is 8.65. The van der Waals surface area contributed by atoms with Crippen molar-refractivity contribution < 1.29 is 4.74 Å². The fourth-order valence-corrected chi connectivity index (χ4v) is 1.48. The standard InChI is InChI=1S/C12H15NOS/c13-10-11-6-2-3-7-12(11)14-8-4-1-5-9-15/h2-3,6-7,15H,1,4-5,8-9H2. The van der Waals surface area contributed by atoms with Gasteiger partial charge in [0.2, 0.25) is 0 Å². The minimum atomic E-state index is 0.603. The molecule has 0 bridgehead atoms. The van der Waals surface area contributed by atoms with Gasteiger partial charge in [-0.2, -0.15) is 17.9 Å². The van der Waals surface area contributed by atoms with Gasteiger partial charge in [-0.1, -0.05) is 12.1 Å². The molecular formula is C12H15NOS. The van der Waals surface area contributed by atoms with Crippen LogP contribution in [0.25, 0.3) is 0 Å². The molecule has 15 heavy (non-hydrogen) atoms. The van der Waals surface area contributed by atoms with Crippen molar-refractivity contribution in [2.75, 3.05) is 12.4 Å². The van der Waals surface area contributed by atoms with Crippen LogP contribution >= 0.6 is 12.6 Å². The second kappa shape index (κ2) is 7.19. The molecule has 0 aromatic heterocycles. The molecule has 0 spiro atoms. The maximum atomic E-state index is 8.82. The van der Waals surface area contributed by atoms with Crippen molar-refractivity contribution in [1.29, 1.82) is 5.26 Å². The molecule has 0 saturated carbocycles. The van der Waals surface area contributed by atoms with Gasteiger partial charge in [-0.05, 0) is 37.1 Å². The highest BCUT2D eigenvalue weighted by Crippen LogP contribution is 2.16. The minimum Gasteiger partial charge on any atom is -0.492 e. The summed E-state index contributed by atoms with van der Waals surface area (Å²) in [5, 5.41) is 8.82. The van der Waals surface area contributed by atoms with E-state index in [2.05, 4.69) is 18.7 Å². The summed E-state index contributed by atoms with van der Waals surface area (Å²) in [5.41, 5.74) is 0.603. The van der Waals surface area contributed by atoms with Gasteiger partial charge in [0.05, 0.1) is 12.2 Å². The minimum absolute atomic E-state index is 0.603. The normalized spacial score (nSPS) is 9.60. The lowest BCUT2D eigenvalue weighted by Crippen LogP contribution is -1.99. The topological polar surface area (TPSA) is 33.0 Å².